The number of carbonyl (C=O) groups is 1. The Kier molecular flexibility index (Phi) is 17.7. The minimum absolute atomic E-state index is 0.0663. The third-order valence-corrected chi connectivity index (χ3v) is 4.60. The zero-order valence-corrected chi connectivity index (χ0v) is 17.4. The number of nitrogens with zero attached hydrogens (tertiary/aromatic N) is 1. The van der Waals surface area contributed by atoms with E-state index >= 15 is 0 Å². The lowest BCUT2D eigenvalue weighted by Gasteiger charge is -2.15. The second-order valence-corrected chi connectivity index (χ2v) is 7.49. The molecule has 5 heteroatoms. The minimum atomic E-state index is -1.83. The summed E-state index contributed by atoms with van der Waals surface area (Å²) in [4.78, 5) is 13.4. The molecule has 1 atom stereocenters. The first-order valence-corrected chi connectivity index (χ1v) is 11.1. The van der Waals surface area contributed by atoms with Crippen LogP contribution in [0.3, 0.4) is 0 Å². The van der Waals surface area contributed by atoms with Crippen LogP contribution in [0.15, 0.2) is 36.5 Å². The van der Waals surface area contributed by atoms with Gasteiger partial charge < -0.3 is 9.45 Å². The maximum atomic E-state index is 11.8. The van der Waals surface area contributed by atoms with Gasteiger partial charge in [0, 0.05) is 20.0 Å². The highest BCUT2D eigenvalue weighted by atomic mass is 32.2. The Hall–Kier alpha value is -1.20. The number of amides is 1. The summed E-state index contributed by atoms with van der Waals surface area (Å²) < 4.78 is 19.3. The fraction of sp³-hybridized carbons (Fsp3) is 0.667. The van der Waals surface area contributed by atoms with E-state index in [2.05, 4.69) is 43.4 Å². The fourth-order valence-corrected chi connectivity index (χ4v) is 2.86. The summed E-state index contributed by atoms with van der Waals surface area (Å²) in [6.07, 6.45) is 23.7. The Morgan fingerprint density at radius 2 is 1.50 bits per heavy atom. The highest BCUT2D eigenvalue weighted by molar-refractivity contribution is 7.79. The predicted molar refractivity (Wildman–Crippen MR) is 113 cm³/mol. The molecule has 0 aliphatic heterocycles. The molecule has 0 aromatic heterocycles. The maximum absolute atomic E-state index is 11.8. The first-order chi connectivity index (χ1) is 12.6. The number of hydrogen-bond acceptors (Lipinski definition) is 2. The third-order valence-electron chi connectivity index (χ3n) is 4.07. The Bertz CT molecular complexity index is 458. The van der Waals surface area contributed by atoms with Gasteiger partial charge in [-0.25, -0.2) is 4.21 Å². The SMILES string of the molecule is CC/C=C\C/C=C\C/C=C\CCCCCCCC(=O)N(C)CCS(=O)O. The van der Waals surface area contributed by atoms with E-state index in [1.807, 2.05) is 0 Å². The van der Waals surface area contributed by atoms with Crippen molar-refractivity contribution in [1.29, 1.82) is 0 Å². The monoisotopic (exact) mass is 383 g/mol. The fourth-order valence-electron chi connectivity index (χ4n) is 2.43. The van der Waals surface area contributed by atoms with Crippen LogP contribution in [0.25, 0.3) is 0 Å². The molecule has 1 unspecified atom stereocenters. The summed E-state index contributed by atoms with van der Waals surface area (Å²) in [5.74, 6) is 0.193. The largest absolute Gasteiger partial charge is 0.345 e. The van der Waals surface area contributed by atoms with Gasteiger partial charge in [0.25, 0.3) is 0 Å². The first kappa shape index (κ1) is 24.8. The Morgan fingerprint density at radius 1 is 0.923 bits per heavy atom. The van der Waals surface area contributed by atoms with E-state index in [0.717, 1.165) is 44.9 Å². The Morgan fingerprint density at radius 3 is 2.15 bits per heavy atom. The van der Waals surface area contributed by atoms with Crippen LogP contribution < -0.4 is 0 Å². The van der Waals surface area contributed by atoms with Gasteiger partial charge in [-0.15, -0.1) is 0 Å². The van der Waals surface area contributed by atoms with E-state index in [1.165, 1.54) is 12.8 Å². The predicted octanol–water partition coefficient (Wildman–Crippen LogP) is 5.26. The summed E-state index contributed by atoms with van der Waals surface area (Å²) in [6, 6.07) is 0. The van der Waals surface area contributed by atoms with Crippen molar-refractivity contribution in [2.75, 3.05) is 19.3 Å². The van der Waals surface area contributed by atoms with E-state index in [0.29, 0.717) is 13.0 Å². The van der Waals surface area contributed by atoms with E-state index in [9.17, 15) is 9.00 Å². The molecule has 0 aromatic rings. The van der Waals surface area contributed by atoms with Crippen molar-refractivity contribution in [3.05, 3.63) is 36.5 Å². The molecule has 0 aromatic carbocycles. The molecular weight excluding hydrogens is 346 g/mol. The lowest BCUT2D eigenvalue weighted by atomic mass is 10.1. The van der Waals surface area contributed by atoms with E-state index < -0.39 is 11.1 Å². The summed E-state index contributed by atoms with van der Waals surface area (Å²) in [6.45, 7) is 2.49. The van der Waals surface area contributed by atoms with Gasteiger partial charge in [-0.05, 0) is 38.5 Å². The van der Waals surface area contributed by atoms with Gasteiger partial charge in [-0.3, -0.25) is 4.79 Å². The molecule has 0 bridgehead atoms. The molecule has 0 spiro atoms. The standard InChI is InChI=1S/C21H37NO3S/c1-3-4-5-6-7-8-9-10-11-12-13-14-15-16-17-18-21(23)22(2)19-20-26(24)25/h4-5,7-8,10-11H,3,6,9,12-20H2,1-2H3,(H,24,25)/b5-4-,8-7-,11-10-. The van der Waals surface area contributed by atoms with Crippen molar-refractivity contribution in [3.8, 4) is 0 Å². The average molecular weight is 384 g/mol. The maximum Gasteiger partial charge on any atom is 0.222 e. The molecule has 0 saturated heterocycles. The molecule has 26 heavy (non-hydrogen) atoms. The molecule has 0 radical (unpaired) electrons. The van der Waals surface area contributed by atoms with Crippen molar-refractivity contribution in [1.82, 2.24) is 4.90 Å². The molecule has 150 valence electrons. The van der Waals surface area contributed by atoms with Gasteiger partial charge in [-0.1, -0.05) is 62.6 Å². The van der Waals surface area contributed by atoms with E-state index in [1.54, 1.807) is 11.9 Å². The van der Waals surface area contributed by atoms with Crippen molar-refractivity contribution < 1.29 is 13.6 Å². The Labute approximate surface area is 162 Å². The summed E-state index contributed by atoms with van der Waals surface area (Å²) in [5, 5.41) is 0. The number of unbranched alkanes of at least 4 members (excludes halogenated alkanes) is 5. The number of carbonyl (C=O) groups excluding carboxylic acids is 1. The normalized spacial score (nSPS) is 13.2. The molecule has 0 aliphatic rings. The van der Waals surface area contributed by atoms with Gasteiger partial charge >= 0.3 is 0 Å². The molecule has 0 aliphatic carbocycles. The number of hydrogen-bond donors (Lipinski definition) is 1. The van der Waals surface area contributed by atoms with Crippen LogP contribution in [0.5, 0.6) is 0 Å². The smallest absolute Gasteiger partial charge is 0.222 e. The first-order valence-electron chi connectivity index (χ1n) is 9.84. The van der Waals surface area contributed by atoms with Crippen molar-refractivity contribution >= 4 is 17.0 Å². The third kappa shape index (κ3) is 17.6. The second kappa shape index (κ2) is 18.6. The Balaban J connectivity index is 3.45. The highest BCUT2D eigenvalue weighted by Crippen LogP contribution is 2.09. The molecule has 1 amide bonds. The van der Waals surface area contributed by atoms with E-state index in [-0.39, 0.29) is 11.7 Å². The van der Waals surface area contributed by atoms with Crippen LogP contribution in [-0.2, 0) is 15.9 Å². The van der Waals surface area contributed by atoms with E-state index in [4.69, 9.17) is 4.55 Å². The summed E-state index contributed by atoms with van der Waals surface area (Å²) in [7, 11) is 1.69. The molecule has 0 rings (SSSR count). The van der Waals surface area contributed by atoms with Crippen LogP contribution in [0.4, 0.5) is 0 Å². The highest BCUT2D eigenvalue weighted by Gasteiger charge is 2.08. The van der Waals surface area contributed by atoms with Crippen LogP contribution in [-0.4, -0.2) is 38.9 Å². The molecule has 0 heterocycles. The van der Waals surface area contributed by atoms with Gasteiger partial charge in [0.2, 0.25) is 5.91 Å². The molecule has 4 nitrogen and oxygen atoms in total. The molecular formula is C21H37NO3S. The van der Waals surface area contributed by atoms with Gasteiger partial charge in [0.15, 0.2) is 11.1 Å². The average Bonchev–Trinajstić information content (AvgIpc) is 2.62. The number of allylic oxidation sites excluding steroid dienone is 6. The van der Waals surface area contributed by atoms with Crippen molar-refractivity contribution in [2.24, 2.45) is 0 Å². The van der Waals surface area contributed by atoms with Crippen molar-refractivity contribution in [2.45, 2.75) is 71.1 Å². The van der Waals surface area contributed by atoms with Crippen LogP contribution in [0.1, 0.15) is 71.1 Å². The van der Waals surface area contributed by atoms with Gasteiger partial charge in [0.1, 0.15) is 0 Å². The topological polar surface area (TPSA) is 57.6 Å². The van der Waals surface area contributed by atoms with Crippen molar-refractivity contribution in [3.63, 3.8) is 0 Å². The lowest BCUT2D eigenvalue weighted by Crippen LogP contribution is -2.30. The minimum Gasteiger partial charge on any atom is -0.345 e. The molecule has 0 saturated carbocycles. The summed E-state index contributed by atoms with van der Waals surface area (Å²) in [5.41, 5.74) is 0. The zero-order chi connectivity index (χ0) is 19.5. The van der Waals surface area contributed by atoms with Crippen LogP contribution in [0, 0.1) is 0 Å². The van der Waals surface area contributed by atoms with Crippen LogP contribution in [0.2, 0.25) is 0 Å². The molecule has 1 N–H and O–H groups in total. The zero-order valence-electron chi connectivity index (χ0n) is 16.6. The second-order valence-electron chi connectivity index (χ2n) is 6.44. The van der Waals surface area contributed by atoms with Gasteiger partial charge in [0.05, 0.1) is 5.75 Å². The lowest BCUT2D eigenvalue weighted by molar-refractivity contribution is -0.129. The molecule has 0 fully saturated rings. The van der Waals surface area contributed by atoms with Crippen LogP contribution >= 0.6 is 0 Å². The quantitative estimate of drug-likeness (QED) is 0.225. The van der Waals surface area contributed by atoms with Gasteiger partial charge in [-0.2, -0.15) is 0 Å². The summed E-state index contributed by atoms with van der Waals surface area (Å²) >= 11 is -1.83. The number of rotatable bonds is 16.